The minimum atomic E-state index is -4.30. The van der Waals surface area contributed by atoms with E-state index in [0.29, 0.717) is 6.54 Å². The van der Waals surface area contributed by atoms with E-state index < -0.39 is 9.15 Å². The quantitative estimate of drug-likeness (QED) is 0.355. The van der Waals surface area contributed by atoms with E-state index in [1.165, 1.54) is 0 Å². The Hall–Kier alpha value is -0.0500. The van der Waals surface area contributed by atoms with Crippen LogP contribution in [0.4, 0.5) is 0 Å². The second kappa shape index (κ2) is 9.79. The summed E-state index contributed by atoms with van der Waals surface area (Å²) in [6.07, 6.45) is 0.750. The third kappa shape index (κ3) is 10.4. The molecule has 100 valence electrons. The third-order valence-corrected chi connectivity index (χ3v) is 4.16. The molecule has 0 aromatic heterocycles. The van der Waals surface area contributed by atoms with Crippen molar-refractivity contribution in [1.29, 1.82) is 0 Å². The number of hydrogen-bond donors (Lipinski definition) is 1. The average molecular weight is 311 g/mol. The van der Waals surface area contributed by atoms with Crippen LogP contribution in [0.1, 0.15) is 12.0 Å². The minimum Gasteiger partial charge on any atom is -0.739 e. The molecule has 1 N–H and O–H groups in total. The Balaban J connectivity index is 0.00000324. The van der Waals surface area contributed by atoms with Crippen LogP contribution < -0.4 is 34.9 Å². The number of rotatable bonds is 7. The molecule has 0 atom stereocenters. The average Bonchev–Trinajstić information content (AvgIpc) is 2.28. The van der Waals surface area contributed by atoms with Gasteiger partial charge < -0.3 is 9.87 Å². The van der Waals surface area contributed by atoms with Gasteiger partial charge in [-0.2, -0.15) is 0 Å². The molecular weight excluding hydrogens is 297 g/mol. The second-order valence-corrected chi connectivity index (χ2v) is 6.96. The molecule has 0 aliphatic heterocycles. The largest absolute Gasteiger partial charge is 1.00 e. The van der Waals surface area contributed by atoms with Gasteiger partial charge in [-0.25, -0.2) is 8.42 Å². The van der Waals surface area contributed by atoms with Gasteiger partial charge in [0.2, 0.25) is 5.91 Å². The maximum atomic E-state index is 11.3. The Morgan fingerprint density at radius 2 is 1.89 bits per heavy atom. The summed E-state index contributed by atoms with van der Waals surface area (Å²) in [4.78, 5) is 11.3. The number of carbonyl (C=O) groups is 1. The van der Waals surface area contributed by atoms with E-state index in [-0.39, 0.29) is 58.4 Å². The van der Waals surface area contributed by atoms with Gasteiger partial charge in [0.1, 0.15) is 9.15 Å². The summed E-state index contributed by atoms with van der Waals surface area (Å²) in [7, 11) is -4.05. The summed E-state index contributed by atoms with van der Waals surface area (Å²) < 4.78 is 30.9. The third-order valence-electron chi connectivity index (χ3n) is 2.14. The molecule has 0 radical (unpaired) electrons. The van der Waals surface area contributed by atoms with Crippen LogP contribution in [-0.2, 0) is 20.4 Å². The van der Waals surface area contributed by atoms with Crippen molar-refractivity contribution in [2.45, 2.75) is 12.8 Å². The number of carbonyl (C=O) groups excluding carboxylic acids is 1. The Morgan fingerprint density at radius 1 is 1.26 bits per heavy atom. The van der Waals surface area contributed by atoms with E-state index in [9.17, 15) is 17.8 Å². The van der Waals surface area contributed by atoms with E-state index in [0.717, 1.165) is 12.0 Å². The molecule has 19 heavy (non-hydrogen) atoms. The standard InChI is InChI=1S/C11H15NO4S2.Na/c13-11(7-9-17-18(14,15)16)12-8-6-10-4-2-1-3-5-10;/h1-5H,6-9H2,(H,12,13)(H,14,15,16);/q;+1/p-1. The molecule has 1 amide bonds. The summed E-state index contributed by atoms with van der Waals surface area (Å²) in [6, 6.07) is 9.69. The van der Waals surface area contributed by atoms with Crippen LogP contribution in [0.15, 0.2) is 30.3 Å². The van der Waals surface area contributed by atoms with Crippen molar-refractivity contribution >= 4 is 25.9 Å². The van der Waals surface area contributed by atoms with Gasteiger partial charge in [0.05, 0.1) is 0 Å². The van der Waals surface area contributed by atoms with E-state index in [4.69, 9.17) is 0 Å². The predicted octanol–water partition coefficient (Wildman–Crippen LogP) is -2.07. The van der Waals surface area contributed by atoms with Crippen molar-refractivity contribution in [1.82, 2.24) is 5.32 Å². The zero-order chi connectivity index (χ0) is 13.4. The number of benzene rings is 1. The molecule has 0 aliphatic rings. The zero-order valence-electron chi connectivity index (χ0n) is 10.7. The number of nitrogens with one attached hydrogen (secondary N) is 1. The molecule has 1 rings (SSSR count). The maximum Gasteiger partial charge on any atom is 1.00 e. The summed E-state index contributed by atoms with van der Waals surface area (Å²) >= 11 is 0. The first-order valence-electron chi connectivity index (χ1n) is 5.38. The summed E-state index contributed by atoms with van der Waals surface area (Å²) in [5.41, 5.74) is 1.12. The van der Waals surface area contributed by atoms with Gasteiger partial charge in [-0.15, -0.1) is 0 Å². The van der Waals surface area contributed by atoms with Gasteiger partial charge in [-0.1, -0.05) is 30.3 Å². The molecule has 1 aromatic rings. The van der Waals surface area contributed by atoms with Crippen LogP contribution in [0.5, 0.6) is 0 Å². The summed E-state index contributed by atoms with van der Waals surface area (Å²) in [5.74, 6) is -0.259. The monoisotopic (exact) mass is 311 g/mol. The molecule has 1 aromatic carbocycles. The Bertz CT molecular complexity index is 479. The SMILES string of the molecule is O=C(CCSS(=O)(=O)[O-])NCCc1ccccc1.[Na+]. The fourth-order valence-corrected chi connectivity index (χ4v) is 2.65. The van der Waals surface area contributed by atoms with E-state index in [2.05, 4.69) is 5.32 Å². The van der Waals surface area contributed by atoms with Crippen molar-refractivity contribution in [3.63, 3.8) is 0 Å². The van der Waals surface area contributed by atoms with Crippen molar-refractivity contribution < 1.29 is 47.3 Å². The van der Waals surface area contributed by atoms with Gasteiger partial charge >= 0.3 is 29.6 Å². The van der Waals surface area contributed by atoms with Crippen LogP contribution in [0.3, 0.4) is 0 Å². The van der Waals surface area contributed by atoms with E-state index >= 15 is 0 Å². The summed E-state index contributed by atoms with van der Waals surface area (Å²) in [6.45, 7) is 0.498. The Morgan fingerprint density at radius 3 is 2.47 bits per heavy atom. The van der Waals surface area contributed by atoms with Crippen LogP contribution >= 0.6 is 10.8 Å². The van der Waals surface area contributed by atoms with E-state index in [1.807, 2.05) is 30.3 Å². The fraction of sp³-hybridized carbons (Fsp3) is 0.364. The van der Waals surface area contributed by atoms with Gasteiger partial charge in [-0.3, -0.25) is 4.79 Å². The van der Waals surface area contributed by atoms with Crippen molar-refractivity contribution in [2.24, 2.45) is 0 Å². The molecule has 0 unspecified atom stereocenters. The second-order valence-electron chi connectivity index (χ2n) is 3.57. The molecule has 0 saturated carbocycles. The minimum absolute atomic E-state index is 0. The molecule has 0 spiro atoms. The van der Waals surface area contributed by atoms with Crippen LogP contribution in [0.25, 0.3) is 0 Å². The number of hydrogen-bond acceptors (Lipinski definition) is 5. The maximum absolute atomic E-state index is 11.3. The van der Waals surface area contributed by atoms with Crippen LogP contribution in [-0.4, -0.2) is 31.2 Å². The Labute approximate surface area is 139 Å². The molecule has 5 nitrogen and oxygen atoms in total. The van der Waals surface area contributed by atoms with Gasteiger partial charge in [0.15, 0.2) is 0 Å². The number of amides is 1. The predicted molar refractivity (Wildman–Crippen MR) is 69.9 cm³/mol. The molecule has 0 saturated heterocycles. The molecule has 0 heterocycles. The molecule has 0 bridgehead atoms. The van der Waals surface area contributed by atoms with Crippen LogP contribution in [0, 0.1) is 0 Å². The van der Waals surface area contributed by atoms with Gasteiger partial charge in [0, 0.05) is 18.7 Å². The normalized spacial score (nSPS) is 10.6. The molecule has 0 aliphatic carbocycles. The first-order valence-corrected chi connectivity index (χ1v) is 8.29. The molecule has 0 fully saturated rings. The first kappa shape index (κ1) is 18.9. The van der Waals surface area contributed by atoms with Crippen molar-refractivity contribution in [3.05, 3.63) is 35.9 Å². The topological polar surface area (TPSA) is 86.3 Å². The summed E-state index contributed by atoms with van der Waals surface area (Å²) in [5, 5.41) is 2.67. The zero-order valence-corrected chi connectivity index (χ0v) is 14.3. The first-order chi connectivity index (χ1) is 8.47. The van der Waals surface area contributed by atoms with Gasteiger partial charge in [-0.05, 0) is 22.8 Å². The smallest absolute Gasteiger partial charge is 0.739 e. The fourth-order valence-electron chi connectivity index (χ4n) is 1.32. The van der Waals surface area contributed by atoms with Gasteiger partial charge in [0.25, 0.3) is 0 Å². The Kier molecular flexibility index (Phi) is 9.77. The molecule has 8 heteroatoms. The van der Waals surface area contributed by atoms with Crippen LogP contribution in [0.2, 0.25) is 0 Å². The molecular formula is C11H14NNaO4S2. The van der Waals surface area contributed by atoms with Crippen molar-refractivity contribution in [2.75, 3.05) is 12.3 Å². The van der Waals surface area contributed by atoms with Crippen molar-refractivity contribution in [3.8, 4) is 0 Å². The van der Waals surface area contributed by atoms with E-state index in [1.54, 1.807) is 0 Å².